The minimum Gasteiger partial charge on any atom is -0.493 e. The summed E-state index contributed by atoms with van der Waals surface area (Å²) < 4.78 is 6.77. The molecule has 0 bridgehead atoms. The van der Waals surface area contributed by atoms with Crippen molar-refractivity contribution in [3.05, 3.63) is 28.2 Å². The van der Waals surface area contributed by atoms with Gasteiger partial charge in [-0.15, -0.1) is 0 Å². The van der Waals surface area contributed by atoms with Crippen LogP contribution in [-0.4, -0.2) is 11.9 Å². The first-order chi connectivity index (χ1) is 6.63. The van der Waals surface area contributed by atoms with Crippen molar-refractivity contribution in [2.24, 2.45) is 5.92 Å². The predicted octanol–water partition coefficient (Wildman–Crippen LogP) is 4.17. The molecule has 0 aliphatic carbocycles. The molecule has 1 unspecified atom stereocenters. The summed E-state index contributed by atoms with van der Waals surface area (Å²) in [5.74, 6) is 1.48. The van der Waals surface area contributed by atoms with Gasteiger partial charge in [-0.25, -0.2) is 0 Å². The zero-order chi connectivity index (χ0) is 10.6. The molecule has 1 aromatic carbocycles. The van der Waals surface area contributed by atoms with E-state index < -0.39 is 0 Å². The first-order valence-electron chi connectivity index (χ1n) is 4.58. The number of rotatable bonds is 4. The van der Waals surface area contributed by atoms with Crippen molar-refractivity contribution < 1.29 is 4.74 Å². The molecule has 0 aromatic heterocycles. The van der Waals surface area contributed by atoms with Gasteiger partial charge in [-0.2, -0.15) is 0 Å². The molecule has 3 heteroatoms. The summed E-state index contributed by atoms with van der Waals surface area (Å²) in [6.45, 7) is 4.97. The number of hydrogen-bond acceptors (Lipinski definition) is 1. The van der Waals surface area contributed by atoms with Crippen molar-refractivity contribution in [2.75, 3.05) is 11.9 Å². The fourth-order valence-corrected chi connectivity index (χ4v) is 1.42. The number of halogens is 2. The van der Waals surface area contributed by atoms with Gasteiger partial charge in [0.2, 0.25) is 0 Å². The van der Waals surface area contributed by atoms with Gasteiger partial charge in [0, 0.05) is 9.80 Å². The van der Waals surface area contributed by atoms with Gasteiger partial charge in [0.1, 0.15) is 5.75 Å². The summed E-state index contributed by atoms with van der Waals surface area (Å²) in [6.07, 6.45) is 0. The minimum absolute atomic E-state index is 0.541. The molecule has 1 atom stereocenters. The number of ether oxygens (including phenoxy) is 1. The van der Waals surface area contributed by atoms with Gasteiger partial charge in [-0.1, -0.05) is 38.8 Å². The molecule has 0 saturated carbocycles. The fraction of sp³-hybridized carbons (Fsp3) is 0.455. The van der Waals surface area contributed by atoms with Gasteiger partial charge >= 0.3 is 0 Å². The molecule has 1 rings (SSSR count). The Labute approximate surface area is 102 Å². The number of hydrogen-bond donors (Lipinski definition) is 0. The molecule has 0 amide bonds. The van der Waals surface area contributed by atoms with Crippen LogP contribution in [0.15, 0.2) is 22.7 Å². The van der Waals surface area contributed by atoms with Crippen LogP contribution in [0.25, 0.3) is 0 Å². The van der Waals surface area contributed by atoms with Crippen LogP contribution in [-0.2, 0) is 0 Å². The summed E-state index contributed by atoms with van der Waals surface area (Å²) in [6, 6.07) is 6.05. The van der Waals surface area contributed by atoms with E-state index in [2.05, 4.69) is 45.7 Å². The SMILES string of the molecule is Cc1cc(OCC(C)CBr)ccc1Br. The van der Waals surface area contributed by atoms with Gasteiger partial charge < -0.3 is 4.74 Å². The Kier molecular flexibility index (Phi) is 4.96. The van der Waals surface area contributed by atoms with Crippen molar-refractivity contribution >= 4 is 31.9 Å². The molecular formula is C11H14Br2O. The molecule has 0 aliphatic rings. The molecular weight excluding hydrogens is 308 g/mol. The monoisotopic (exact) mass is 320 g/mol. The Bertz CT molecular complexity index is 299. The third-order valence-electron chi connectivity index (χ3n) is 1.93. The zero-order valence-electron chi connectivity index (χ0n) is 8.39. The highest BCUT2D eigenvalue weighted by atomic mass is 79.9. The van der Waals surface area contributed by atoms with E-state index in [0.717, 1.165) is 22.2 Å². The summed E-state index contributed by atoms with van der Waals surface area (Å²) in [5.41, 5.74) is 1.20. The van der Waals surface area contributed by atoms with E-state index in [9.17, 15) is 0 Å². The maximum Gasteiger partial charge on any atom is 0.119 e. The van der Waals surface area contributed by atoms with Gasteiger partial charge in [-0.05, 0) is 36.6 Å². The molecule has 0 N–H and O–H groups in total. The van der Waals surface area contributed by atoms with Crippen LogP contribution in [0.2, 0.25) is 0 Å². The zero-order valence-corrected chi connectivity index (χ0v) is 11.6. The lowest BCUT2D eigenvalue weighted by Crippen LogP contribution is -2.09. The van der Waals surface area contributed by atoms with E-state index in [0.29, 0.717) is 5.92 Å². The highest BCUT2D eigenvalue weighted by Gasteiger charge is 2.02. The standard InChI is InChI=1S/C11H14Br2O/c1-8(6-12)7-14-10-3-4-11(13)9(2)5-10/h3-5,8H,6-7H2,1-2H3. The maximum atomic E-state index is 5.64. The summed E-state index contributed by atoms with van der Waals surface area (Å²) in [4.78, 5) is 0. The normalized spacial score (nSPS) is 12.6. The minimum atomic E-state index is 0.541. The average Bonchev–Trinajstić information content (AvgIpc) is 2.19. The third-order valence-corrected chi connectivity index (χ3v) is 3.92. The van der Waals surface area contributed by atoms with Crippen LogP contribution < -0.4 is 4.74 Å². The largest absolute Gasteiger partial charge is 0.493 e. The second-order valence-corrected chi connectivity index (χ2v) is 4.98. The summed E-state index contributed by atoms with van der Waals surface area (Å²) in [7, 11) is 0. The quantitative estimate of drug-likeness (QED) is 0.756. The molecule has 1 nitrogen and oxygen atoms in total. The molecule has 0 radical (unpaired) electrons. The Morgan fingerprint density at radius 3 is 2.71 bits per heavy atom. The lowest BCUT2D eigenvalue weighted by atomic mass is 10.2. The van der Waals surface area contributed by atoms with Gasteiger partial charge in [0.25, 0.3) is 0 Å². The number of aryl methyl sites for hydroxylation is 1. The Balaban J connectivity index is 2.55. The summed E-state index contributed by atoms with van der Waals surface area (Å²) in [5, 5.41) is 0.975. The van der Waals surface area contributed by atoms with E-state index >= 15 is 0 Å². The van der Waals surface area contributed by atoms with E-state index in [1.54, 1.807) is 0 Å². The highest BCUT2D eigenvalue weighted by Crippen LogP contribution is 2.21. The second-order valence-electron chi connectivity index (χ2n) is 3.48. The van der Waals surface area contributed by atoms with Crippen LogP contribution in [0.5, 0.6) is 5.75 Å². The lowest BCUT2D eigenvalue weighted by molar-refractivity contribution is 0.274. The molecule has 0 saturated heterocycles. The van der Waals surface area contributed by atoms with Crippen molar-refractivity contribution in [1.82, 2.24) is 0 Å². The maximum absolute atomic E-state index is 5.64. The van der Waals surface area contributed by atoms with Crippen LogP contribution in [0.4, 0.5) is 0 Å². The fourth-order valence-electron chi connectivity index (χ4n) is 0.990. The van der Waals surface area contributed by atoms with Gasteiger partial charge in [0.15, 0.2) is 0 Å². The van der Waals surface area contributed by atoms with Gasteiger partial charge in [-0.3, -0.25) is 0 Å². The number of alkyl halides is 1. The van der Waals surface area contributed by atoms with Crippen molar-refractivity contribution in [2.45, 2.75) is 13.8 Å². The second kappa shape index (κ2) is 5.76. The smallest absolute Gasteiger partial charge is 0.119 e. The topological polar surface area (TPSA) is 9.23 Å². The average molecular weight is 322 g/mol. The molecule has 78 valence electrons. The van der Waals surface area contributed by atoms with Crippen LogP contribution in [0, 0.1) is 12.8 Å². The molecule has 0 aliphatic heterocycles. The van der Waals surface area contributed by atoms with Crippen molar-refractivity contribution in [3.63, 3.8) is 0 Å². The lowest BCUT2D eigenvalue weighted by Gasteiger charge is -2.11. The first-order valence-corrected chi connectivity index (χ1v) is 6.50. The predicted molar refractivity (Wildman–Crippen MR) is 67.3 cm³/mol. The molecule has 0 fully saturated rings. The molecule has 14 heavy (non-hydrogen) atoms. The third kappa shape index (κ3) is 3.62. The van der Waals surface area contributed by atoms with Crippen molar-refractivity contribution in [3.8, 4) is 5.75 Å². The Morgan fingerprint density at radius 1 is 1.43 bits per heavy atom. The Hall–Kier alpha value is -0.0200. The van der Waals surface area contributed by atoms with Crippen molar-refractivity contribution in [1.29, 1.82) is 0 Å². The van der Waals surface area contributed by atoms with E-state index in [-0.39, 0.29) is 0 Å². The number of benzene rings is 1. The van der Waals surface area contributed by atoms with Crippen LogP contribution in [0.1, 0.15) is 12.5 Å². The van der Waals surface area contributed by atoms with E-state index in [1.807, 2.05) is 18.2 Å². The molecule has 1 aromatic rings. The van der Waals surface area contributed by atoms with Gasteiger partial charge in [0.05, 0.1) is 6.61 Å². The van der Waals surface area contributed by atoms with E-state index in [4.69, 9.17) is 4.74 Å². The molecule has 0 heterocycles. The first kappa shape index (κ1) is 12.1. The summed E-state index contributed by atoms with van der Waals surface area (Å²) >= 11 is 6.89. The van der Waals surface area contributed by atoms with Crippen LogP contribution in [0.3, 0.4) is 0 Å². The van der Waals surface area contributed by atoms with Crippen LogP contribution >= 0.6 is 31.9 Å². The highest BCUT2D eigenvalue weighted by molar-refractivity contribution is 9.10. The molecule has 0 spiro atoms. The Morgan fingerprint density at radius 2 is 2.14 bits per heavy atom. The van der Waals surface area contributed by atoms with E-state index in [1.165, 1.54) is 5.56 Å².